The number of aryl methyl sites for hydroxylation is 1. The second-order valence-electron chi connectivity index (χ2n) is 3.77. The zero-order chi connectivity index (χ0) is 14.0. The van der Waals surface area contributed by atoms with Gasteiger partial charge >= 0.3 is 0 Å². The summed E-state index contributed by atoms with van der Waals surface area (Å²) in [6.45, 7) is 1.50. The lowest BCUT2D eigenvalue weighted by atomic mass is 10.2. The van der Waals surface area contributed by atoms with Gasteiger partial charge in [-0.2, -0.15) is 5.10 Å². The number of aromatic nitrogens is 2. The van der Waals surface area contributed by atoms with Crippen LogP contribution in [0.1, 0.15) is 5.56 Å². The molecule has 1 heterocycles. The molecule has 100 valence electrons. The summed E-state index contributed by atoms with van der Waals surface area (Å²) in [6, 6.07) is 4.08. The van der Waals surface area contributed by atoms with Crippen molar-refractivity contribution in [2.45, 2.75) is 11.8 Å². The van der Waals surface area contributed by atoms with Crippen molar-refractivity contribution in [3.05, 3.63) is 46.3 Å². The van der Waals surface area contributed by atoms with E-state index in [0.717, 1.165) is 6.07 Å². The second-order valence-corrected chi connectivity index (χ2v) is 5.39. The number of hydrogen-bond acceptors (Lipinski definition) is 5. The molecule has 1 aromatic heterocycles. The fraction of sp³-hybridized carbons (Fsp3) is 0.100. The molecular weight excluding hydrogens is 272 g/mol. The highest BCUT2D eigenvalue weighted by Gasteiger charge is 2.27. The van der Waals surface area contributed by atoms with Crippen molar-refractivity contribution in [2.75, 3.05) is 4.72 Å². The van der Waals surface area contributed by atoms with Gasteiger partial charge in [-0.05, 0) is 12.5 Å². The highest BCUT2D eigenvalue weighted by Crippen LogP contribution is 2.28. The number of rotatable bonds is 4. The number of benzene rings is 1. The van der Waals surface area contributed by atoms with Crippen LogP contribution in [0.15, 0.2) is 35.5 Å². The van der Waals surface area contributed by atoms with Gasteiger partial charge in [-0.1, -0.05) is 12.1 Å². The van der Waals surface area contributed by atoms with E-state index < -0.39 is 20.6 Å². The van der Waals surface area contributed by atoms with Crippen LogP contribution in [0.3, 0.4) is 0 Å². The number of anilines is 1. The molecule has 0 radical (unpaired) electrons. The molecular formula is C10H10N4O4S. The average molecular weight is 282 g/mol. The number of nitro benzene ring substituents is 1. The molecule has 0 unspecified atom stereocenters. The van der Waals surface area contributed by atoms with E-state index in [-0.39, 0.29) is 10.6 Å². The zero-order valence-electron chi connectivity index (χ0n) is 9.82. The molecule has 0 fully saturated rings. The van der Waals surface area contributed by atoms with Gasteiger partial charge in [0.1, 0.15) is 0 Å². The second kappa shape index (κ2) is 4.69. The summed E-state index contributed by atoms with van der Waals surface area (Å²) in [7, 11) is -4.04. The molecule has 0 bridgehead atoms. The van der Waals surface area contributed by atoms with Crippen LogP contribution < -0.4 is 4.72 Å². The van der Waals surface area contributed by atoms with E-state index in [1.54, 1.807) is 0 Å². The summed E-state index contributed by atoms with van der Waals surface area (Å²) in [5.41, 5.74) is 0.0405. The number of hydrogen-bond donors (Lipinski definition) is 2. The summed E-state index contributed by atoms with van der Waals surface area (Å²) < 4.78 is 26.6. The third-order valence-electron chi connectivity index (χ3n) is 2.41. The van der Waals surface area contributed by atoms with Crippen molar-refractivity contribution in [2.24, 2.45) is 0 Å². The van der Waals surface area contributed by atoms with E-state index in [1.165, 1.54) is 31.5 Å². The lowest BCUT2D eigenvalue weighted by molar-refractivity contribution is -0.387. The Balaban J connectivity index is 2.54. The zero-order valence-corrected chi connectivity index (χ0v) is 10.6. The third kappa shape index (κ3) is 2.55. The van der Waals surface area contributed by atoms with Crippen molar-refractivity contribution in [1.82, 2.24) is 10.2 Å². The Kier molecular flexibility index (Phi) is 3.21. The van der Waals surface area contributed by atoms with E-state index in [4.69, 9.17) is 0 Å². The molecule has 2 rings (SSSR count). The molecule has 0 amide bonds. The monoisotopic (exact) mass is 282 g/mol. The number of nitrogens with zero attached hydrogens (tertiary/aromatic N) is 2. The quantitative estimate of drug-likeness (QED) is 0.649. The van der Waals surface area contributed by atoms with Gasteiger partial charge in [-0.15, -0.1) is 0 Å². The van der Waals surface area contributed by atoms with Gasteiger partial charge in [-0.25, -0.2) is 8.42 Å². The largest absolute Gasteiger partial charge is 0.290 e. The molecule has 0 aliphatic carbocycles. The molecule has 0 aliphatic heterocycles. The first kappa shape index (κ1) is 13.0. The van der Waals surface area contributed by atoms with Crippen LogP contribution in [0.5, 0.6) is 0 Å². The van der Waals surface area contributed by atoms with Gasteiger partial charge in [0, 0.05) is 12.3 Å². The van der Waals surface area contributed by atoms with Crippen molar-refractivity contribution >= 4 is 21.4 Å². The Bertz CT molecular complexity index is 709. The van der Waals surface area contributed by atoms with Crippen molar-refractivity contribution in [3.8, 4) is 0 Å². The summed E-state index contributed by atoms with van der Waals surface area (Å²) in [5.74, 6) is 0. The minimum atomic E-state index is -4.04. The summed E-state index contributed by atoms with van der Waals surface area (Å²) in [4.78, 5) is 9.85. The lowest BCUT2D eigenvalue weighted by Crippen LogP contribution is -2.15. The first-order valence-corrected chi connectivity index (χ1v) is 6.66. The van der Waals surface area contributed by atoms with Crippen LogP contribution in [0.2, 0.25) is 0 Å². The van der Waals surface area contributed by atoms with Crippen LogP contribution in [0, 0.1) is 17.0 Å². The average Bonchev–Trinajstić information content (AvgIpc) is 2.80. The fourth-order valence-electron chi connectivity index (χ4n) is 1.64. The SMILES string of the molecule is Cc1cccc([N+](=O)[O-])c1S(=O)(=O)Nc1cn[nH]c1. The van der Waals surface area contributed by atoms with E-state index in [2.05, 4.69) is 14.9 Å². The molecule has 0 saturated carbocycles. The van der Waals surface area contributed by atoms with Crippen LogP contribution in [-0.2, 0) is 10.0 Å². The van der Waals surface area contributed by atoms with Gasteiger partial charge in [0.15, 0.2) is 4.90 Å². The molecule has 8 nitrogen and oxygen atoms in total. The molecule has 0 atom stereocenters. The molecule has 2 N–H and O–H groups in total. The molecule has 0 aliphatic rings. The number of nitrogens with one attached hydrogen (secondary N) is 2. The normalized spacial score (nSPS) is 11.2. The Morgan fingerprint density at radius 1 is 1.42 bits per heavy atom. The van der Waals surface area contributed by atoms with Gasteiger partial charge < -0.3 is 0 Å². The van der Waals surface area contributed by atoms with Crippen LogP contribution in [-0.4, -0.2) is 23.5 Å². The Labute approximate surface area is 108 Å². The maximum atomic E-state index is 12.2. The predicted octanol–water partition coefficient (Wildman–Crippen LogP) is 1.43. The summed E-state index contributed by atoms with van der Waals surface area (Å²) in [5, 5.41) is 17.0. The Hall–Kier alpha value is -2.42. The van der Waals surface area contributed by atoms with Crippen molar-refractivity contribution in [3.63, 3.8) is 0 Å². The topological polar surface area (TPSA) is 118 Å². The van der Waals surface area contributed by atoms with Crippen LogP contribution in [0.25, 0.3) is 0 Å². The van der Waals surface area contributed by atoms with Crippen LogP contribution in [0.4, 0.5) is 11.4 Å². The van der Waals surface area contributed by atoms with Crippen molar-refractivity contribution < 1.29 is 13.3 Å². The summed E-state index contributed by atoms with van der Waals surface area (Å²) in [6.07, 6.45) is 2.60. The fourth-order valence-corrected chi connectivity index (χ4v) is 3.08. The molecule has 0 saturated heterocycles. The number of nitro groups is 1. The highest BCUT2D eigenvalue weighted by atomic mass is 32.2. The standard InChI is InChI=1S/C10H10N4O4S/c1-7-3-2-4-9(14(15)16)10(7)19(17,18)13-8-5-11-12-6-8/h2-6,13H,1H3,(H,11,12). The van der Waals surface area contributed by atoms with E-state index in [1.807, 2.05) is 0 Å². The predicted molar refractivity (Wildman–Crippen MR) is 67.2 cm³/mol. The van der Waals surface area contributed by atoms with Gasteiger partial charge in [0.2, 0.25) is 0 Å². The van der Waals surface area contributed by atoms with Crippen LogP contribution >= 0.6 is 0 Å². The minimum Gasteiger partial charge on any atom is -0.284 e. The molecule has 0 spiro atoms. The third-order valence-corrected chi connectivity index (χ3v) is 3.98. The van der Waals surface area contributed by atoms with Gasteiger partial charge in [0.25, 0.3) is 15.7 Å². The van der Waals surface area contributed by atoms with E-state index in [0.29, 0.717) is 5.56 Å². The number of sulfonamides is 1. The van der Waals surface area contributed by atoms with E-state index in [9.17, 15) is 18.5 Å². The smallest absolute Gasteiger partial charge is 0.284 e. The maximum Gasteiger partial charge on any atom is 0.290 e. The first-order chi connectivity index (χ1) is 8.92. The Morgan fingerprint density at radius 2 is 2.16 bits per heavy atom. The molecule has 19 heavy (non-hydrogen) atoms. The van der Waals surface area contributed by atoms with Crippen molar-refractivity contribution in [1.29, 1.82) is 0 Å². The minimum absolute atomic E-state index is 0.206. The maximum absolute atomic E-state index is 12.2. The molecule has 1 aromatic carbocycles. The molecule has 9 heteroatoms. The molecule has 2 aromatic rings. The first-order valence-electron chi connectivity index (χ1n) is 5.17. The van der Waals surface area contributed by atoms with E-state index >= 15 is 0 Å². The van der Waals surface area contributed by atoms with Gasteiger partial charge in [-0.3, -0.25) is 19.9 Å². The highest BCUT2D eigenvalue weighted by molar-refractivity contribution is 7.93. The lowest BCUT2D eigenvalue weighted by Gasteiger charge is -2.08. The number of H-pyrrole nitrogens is 1. The summed E-state index contributed by atoms with van der Waals surface area (Å²) >= 11 is 0. The number of aromatic amines is 1. The Morgan fingerprint density at radius 3 is 2.74 bits per heavy atom. The van der Waals surface area contributed by atoms with Gasteiger partial charge in [0.05, 0.1) is 16.8 Å².